The average Bonchev–Trinajstić information content (AvgIpc) is 2.94. The monoisotopic (exact) mass is 277 g/mol. The molecule has 1 aromatic rings. The van der Waals surface area contributed by atoms with E-state index in [2.05, 4.69) is 0 Å². The lowest BCUT2D eigenvalue weighted by Gasteiger charge is -2.21. The summed E-state index contributed by atoms with van der Waals surface area (Å²) in [4.78, 5) is 24.3. The maximum absolute atomic E-state index is 11.9. The predicted molar refractivity (Wildman–Crippen MR) is 73.3 cm³/mol. The number of carboxylic acid groups (broad SMARTS) is 1. The van der Waals surface area contributed by atoms with Crippen molar-refractivity contribution in [2.75, 3.05) is 19.8 Å². The molecular weight excluding hydrogens is 258 g/mol. The predicted octanol–water partition coefficient (Wildman–Crippen LogP) is 1.32. The SMILES string of the molecule is O=C(O)C1CCCN1C(=O)COCCc1ccccc1. The molecule has 1 heterocycles. The summed E-state index contributed by atoms with van der Waals surface area (Å²) in [7, 11) is 0. The average molecular weight is 277 g/mol. The van der Waals surface area contributed by atoms with E-state index < -0.39 is 12.0 Å². The van der Waals surface area contributed by atoms with Crippen molar-refractivity contribution in [3.05, 3.63) is 35.9 Å². The molecule has 1 aliphatic rings. The molecule has 0 aliphatic carbocycles. The number of carbonyl (C=O) groups excluding carboxylic acids is 1. The van der Waals surface area contributed by atoms with Gasteiger partial charge in [-0.2, -0.15) is 0 Å². The van der Waals surface area contributed by atoms with E-state index in [-0.39, 0.29) is 12.5 Å². The normalized spacial score (nSPS) is 18.2. The maximum atomic E-state index is 11.9. The Balaban J connectivity index is 1.71. The summed E-state index contributed by atoms with van der Waals surface area (Å²) in [6.07, 6.45) is 2.02. The van der Waals surface area contributed by atoms with Gasteiger partial charge in [0.1, 0.15) is 12.6 Å². The Morgan fingerprint density at radius 3 is 2.75 bits per heavy atom. The molecule has 5 heteroatoms. The zero-order valence-electron chi connectivity index (χ0n) is 11.3. The summed E-state index contributed by atoms with van der Waals surface area (Å²) in [6, 6.07) is 9.20. The zero-order valence-corrected chi connectivity index (χ0v) is 11.3. The first kappa shape index (κ1) is 14.5. The highest BCUT2D eigenvalue weighted by Crippen LogP contribution is 2.17. The van der Waals surface area contributed by atoms with Gasteiger partial charge in [-0.1, -0.05) is 30.3 Å². The van der Waals surface area contributed by atoms with Crippen LogP contribution >= 0.6 is 0 Å². The topological polar surface area (TPSA) is 66.8 Å². The van der Waals surface area contributed by atoms with Crippen LogP contribution < -0.4 is 0 Å². The summed E-state index contributed by atoms with van der Waals surface area (Å²) in [5, 5.41) is 9.02. The number of aliphatic carboxylic acids is 1. The van der Waals surface area contributed by atoms with Crippen molar-refractivity contribution in [2.45, 2.75) is 25.3 Å². The summed E-state index contributed by atoms with van der Waals surface area (Å²) < 4.78 is 5.36. The van der Waals surface area contributed by atoms with Gasteiger partial charge in [-0.25, -0.2) is 4.79 Å². The van der Waals surface area contributed by atoms with E-state index in [1.54, 1.807) is 0 Å². The Morgan fingerprint density at radius 2 is 2.05 bits per heavy atom. The van der Waals surface area contributed by atoms with Crippen LogP contribution in [0.25, 0.3) is 0 Å². The number of ether oxygens (including phenoxy) is 1. The molecule has 20 heavy (non-hydrogen) atoms. The second kappa shape index (κ2) is 7.05. The molecule has 1 aliphatic heterocycles. The molecule has 1 unspecified atom stereocenters. The number of likely N-dealkylation sites (tertiary alicyclic amines) is 1. The number of hydrogen-bond donors (Lipinski definition) is 1. The van der Waals surface area contributed by atoms with Crippen molar-refractivity contribution in [3.8, 4) is 0 Å². The minimum Gasteiger partial charge on any atom is -0.480 e. The Morgan fingerprint density at radius 1 is 1.30 bits per heavy atom. The fourth-order valence-corrected chi connectivity index (χ4v) is 2.40. The second-order valence-corrected chi connectivity index (χ2v) is 4.87. The van der Waals surface area contributed by atoms with Crippen LogP contribution in [0.15, 0.2) is 30.3 Å². The van der Waals surface area contributed by atoms with Crippen LogP contribution in [-0.2, 0) is 20.7 Å². The lowest BCUT2D eigenvalue weighted by Crippen LogP contribution is -2.42. The lowest BCUT2D eigenvalue weighted by atomic mass is 10.2. The van der Waals surface area contributed by atoms with Crippen molar-refractivity contribution >= 4 is 11.9 Å². The summed E-state index contributed by atoms with van der Waals surface area (Å²) in [5.41, 5.74) is 1.16. The third-order valence-electron chi connectivity index (χ3n) is 3.46. The van der Waals surface area contributed by atoms with Crippen LogP contribution in [0, 0.1) is 0 Å². The third kappa shape index (κ3) is 3.81. The van der Waals surface area contributed by atoms with Gasteiger partial charge < -0.3 is 14.7 Å². The summed E-state index contributed by atoms with van der Waals surface area (Å²) in [6.45, 7) is 0.926. The van der Waals surface area contributed by atoms with Crippen molar-refractivity contribution < 1.29 is 19.4 Å². The number of hydrogen-bond acceptors (Lipinski definition) is 3. The first-order chi connectivity index (χ1) is 9.68. The van der Waals surface area contributed by atoms with Crippen LogP contribution in [0.2, 0.25) is 0 Å². The van der Waals surface area contributed by atoms with Crippen LogP contribution in [0.4, 0.5) is 0 Å². The smallest absolute Gasteiger partial charge is 0.326 e. The number of rotatable bonds is 6. The highest BCUT2D eigenvalue weighted by molar-refractivity contribution is 5.84. The van der Waals surface area contributed by atoms with Crippen molar-refractivity contribution in [2.24, 2.45) is 0 Å². The van der Waals surface area contributed by atoms with E-state index in [9.17, 15) is 9.59 Å². The first-order valence-electron chi connectivity index (χ1n) is 6.82. The van der Waals surface area contributed by atoms with Gasteiger partial charge in [0.05, 0.1) is 6.61 Å². The Labute approximate surface area is 118 Å². The summed E-state index contributed by atoms with van der Waals surface area (Å²) in [5.74, 6) is -1.16. The van der Waals surface area contributed by atoms with E-state index in [1.807, 2.05) is 30.3 Å². The van der Waals surface area contributed by atoms with Gasteiger partial charge in [0.15, 0.2) is 0 Å². The number of carbonyl (C=O) groups is 2. The fraction of sp³-hybridized carbons (Fsp3) is 0.467. The molecule has 1 N–H and O–H groups in total. The van der Waals surface area contributed by atoms with Crippen molar-refractivity contribution in [1.29, 1.82) is 0 Å². The van der Waals surface area contributed by atoms with E-state index in [4.69, 9.17) is 9.84 Å². The molecular formula is C15H19NO4. The van der Waals surface area contributed by atoms with E-state index in [0.29, 0.717) is 19.6 Å². The highest BCUT2D eigenvalue weighted by Gasteiger charge is 2.33. The third-order valence-corrected chi connectivity index (χ3v) is 3.46. The number of nitrogens with zero attached hydrogens (tertiary/aromatic N) is 1. The molecule has 1 fully saturated rings. The Hall–Kier alpha value is -1.88. The van der Waals surface area contributed by atoms with Crippen LogP contribution in [0.3, 0.4) is 0 Å². The van der Waals surface area contributed by atoms with Crippen molar-refractivity contribution in [1.82, 2.24) is 4.90 Å². The van der Waals surface area contributed by atoms with E-state index in [1.165, 1.54) is 4.90 Å². The van der Waals surface area contributed by atoms with Gasteiger partial charge in [0.2, 0.25) is 5.91 Å². The van der Waals surface area contributed by atoms with Crippen molar-refractivity contribution in [3.63, 3.8) is 0 Å². The van der Waals surface area contributed by atoms with Gasteiger partial charge in [0, 0.05) is 6.54 Å². The number of amides is 1. The minimum absolute atomic E-state index is 0.0450. The summed E-state index contributed by atoms with van der Waals surface area (Å²) >= 11 is 0. The molecule has 0 aromatic heterocycles. The Kier molecular flexibility index (Phi) is 5.12. The molecule has 0 saturated carbocycles. The zero-order chi connectivity index (χ0) is 14.4. The molecule has 108 valence electrons. The molecule has 2 rings (SSSR count). The lowest BCUT2D eigenvalue weighted by molar-refractivity contribution is -0.150. The van der Waals surface area contributed by atoms with Gasteiger partial charge in [-0.05, 0) is 24.8 Å². The molecule has 1 amide bonds. The minimum atomic E-state index is -0.930. The fourth-order valence-electron chi connectivity index (χ4n) is 2.40. The van der Waals surface area contributed by atoms with Gasteiger partial charge in [-0.15, -0.1) is 0 Å². The van der Waals surface area contributed by atoms with Gasteiger partial charge >= 0.3 is 5.97 Å². The van der Waals surface area contributed by atoms with Gasteiger partial charge in [0.25, 0.3) is 0 Å². The van der Waals surface area contributed by atoms with E-state index in [0.717, 1.165) is 18.4 Å². The van der Waals surface area contributed by atoms with Gasteiger partial charge in [-0.3, -0.25) is 4.79 Å². The maximum Gasteiger partial charge on any atom is 0.326 e. The highest BCUT2D eigenvalue weighted by atomic mass is 16.5. The molecule has 0 bridgehead atoms. The molecule has 0 radical (unpaired) electrons. The molecule has 5 nitrogen and oxygen atoms in total. The molecule has 1 saturated heterocycles. The molecule has 1 atom stereocenters. The Bertz CT molecular complexity index is 460. The first-order valence-corrected chi connectivity index (χ1v) is 6.82. The van der Waals surface area contributed by atoms with E-state index >= 15 is 0 Å². The quantitative estimate of drug-likeness (QED) is 0.796. The molecule has 1 aromatic carbocycles. The van der Waals surface area contributed by atoms with Crippen LogP contribution in [-0.4, -0.2) is 47.7 Å². The largest absolute Gasteiger partial charge is 0.480 e. The van der Waals surface area contributed by atoms with Crippen LogP contribution in [0.1, 0.15) is 18.4 Å². The standard InChI is InChI=1S/C15H19NO4/c17-14(16-9-4-7-13(16)15(18)19)11-20-10-8-12-5-2-1-3-6-12/h1-3,5-6,13H,4,7-11H2,(H,18,19). The van der Waals surface area contributed by atoms with Crippen LogP contribution in [0.5, 0.6) is 0 Å². The second-order valence-electron chi connectivity index (χ2n) is 4.87. The number of carboxylic acids is 1. The molecule has 0 spiro atoms. The number of benzene rings is 1.